The van der Waals surface area contributed by atoms with Crippen LogP contribution < -0.4 is 5.32 Å². The molecule has 2 aliphatic rings. The van der Waals surface area contributed by atoms with E-state index in [1.165, 1.54) is 0 Å². The lowest BCUT2D eigenvalue weighted by Crippen LogP contribution is -2.24. The lowest BCUT2D eigenvalue weighted by atomic mass is 9.96. The molecule has 5 atom stereocenters. The van der Waals surface area contributed by atoms with Crippen LogP contribution in [0.5, 0.6) is 0 Å². The Morgan fingerprint density at radius 3 is 2.66 bits per heavy atom. The van der Waals surface area contributed by atoms with Gasteiger partial charge in [-0.15, -0.1) is 0 Å². The van der Waals surface area contributed by atoms with Gasteiger partial charge in [0.05, 0.1) is 29.0 Å². The molecule has 1 amide bonds. The van der Waals surface area contributed by atoms with Crippen molar-refractivity contribution in [2.24, 2.45) is 23.7 Å². The van der Waals surface area contributed by atoms with Gasteiger partial charge in [-0.2, -0.15) is 5.26 Å². The van der Waals surface area contributed by atoms with Gasteiger partial charge in [0, 0.05) is 22.7 Å². The summed E-state index contributed by atoms with van der Waals surface area (Å²) in [6.45, 7) is 2.04. The highest BCUT2D eigenvalue weighted by atomic mass is 35.5. The van der Waals surface area contributed by atoms with Crippen molar-refractivity contribution in [1.29, 1.82) is 5.26 Å². The molecule has 2 fully saturated rings. The zero-order valence-electron chi connectivity index (χ0n) is 16.0. The normalized spacial score (nSPS) is 26.0. The lowest BCUT2D eigenvalue weighted by molar-refractivity contribution is -0.120. The van der Waals surface area contributed by atoms with Gasteiger partial charge in [-0.25, -0.2) is 4.98 Å². The number of anilines is 1. The molecular formula is C23H21ClN4O. The molecule has 146 valence electrons. The molecule has 1 heterocycles. The number of carbonyl (C=O) groups excluding carboxylic acids is 1. The molecule has 6 heteroatoms. The number of hydrogen-bond donors (Lipinski definition) is 1. The van der Waals surface area contributed by atoms with Crippen molar-refractivity contribution in [2.45, 2.75) is 25.8 Å². The number of benzene rings is 2. The zero-order chi connectivity index (χ0) is 20.1. The van der Waals surface area contributed by atoms with E-state index in [0.717, 1.165) is 29.6 Å². The summed E-state index contributed by atoms with van der Waals surface area (Å²) in [4.78, 5) is 17.2. The minimum atomic E-state index is -0.00801. The Balaban J connectivity index is 1.25. The van der Waals surface area contributed by atoms with Crippen LogP contribution in [0, 0.1) is 35.0 Å². The minimum absolute atomic E-state index is 0.00801. The monoisotopic (exact) mass is 404 g/mol. The average molecular weight is 405 g/mol. The fraction of sp³-hybridized carbons (Fsp3) is 0.348. The Bertz CT molecular complexity index is 1120. The first-order chi connectivity index (χ1) is 14.0. The van der Waals surface area contributed by atoms with Gasteiger partial charge in [-0.1, -0.05) is 18.5 Å². The summed E-state index contributed by atoms with van der Waals surface area (Å²) >= 11 is 5.91. The van der Waals surface area contributed by atoms with Crippen molar-refractivity contribution >= 4 is 34.2 Å². The molecule has 1 aromatic heterocycles. The van der Waals surface area contributed by atoms with E-state index < -0.39 is 0 Å². The first-order valence-electron chi connectivity index (χ1n) is 9.98. The fourth-order valence-electron chi connectivity index (χ4n) is 5.18. The van der Waals surface area contributed by atoms with Crippen LogP contribution in [-0.4, -0.2) is 15.5 Å². The maximum atomic E-state index is 12.7. The van der Waals surface area contributed by atoms with Crippen LogP contribution in [0.15, 0.2) is 48.8 Å². The molecule has 0 bridgehead atoms. The molecule has 2 aromatic carbocycles. The second kappa shape index (κ2) is 6.89. The second-order valence-electron chi connectivity index (χ2n) is 8.28. The lowest BCUT2D eigenvalue weighted by Gasteiger charge is -2.20. The smallest absolute Gasteiger partial charge is 0.227 e. The van der Waals surface area contributed by atoms with Crippen molar-refractivity contribution in [3.05, 3.63) is 59.4 Å². The van der Waals surface area contributed by atoms with Crippen molar-refractivity contribution in [1.82, 2.24) is 9.55 Å². The number of fused-ring (bicyclic) bond motifs is 2. The number of rotatable bonds is 4. The van der Waals surface area contributed by atoms with Crippen LogP contribution in [-0.2, 0) is 4.79 Å². The SMILES string of the molecule is CC(C(=O)Nc1ccc(Cl)cc1)[C@H]1[C@@H]2C[C@@H](n3cnc4ccc(C#N)cc43)C[C@@H]21. The molecule has 1 N–H and O–H groups in total. The highest BCUT2D eigenvalue weighted by Crippen LogP contribution is 2.64. The summed E-state index contributed by atoms with van der Waals surface area (Å²) < 4.78 is 2.22. The largest absolute Gasteiger partial charge is 0.327 e. The van der Waals surface area contributed by atoms with Crippen LogP contribution in [0.1, 0.15) is 31.4 Å². The molecule has 29 heavy (non-hydrogen) atoms. The first kappa shape index (κ1) is 18.2. The van der Waals surface area contributed by atoms with Gasteiger partial charge in [0.25, 0.3) is 0 Å². The van der Waals surface area contributed by atoms with E-state index in [1.807, 2.05) is 43.6 Å². The Hall–Kier alpha value is -2.84. The molecule has 0 spiro atoms. The molecule has 3 aromatic rings. The van der Waals surface area contributed by atoms with Gasteiger partial charge >= 0.3 is 0 Å². The summed E-state index contributed by atoms with van der Waals surface area (Å²) in [7, 11) is 0. The average Bonchev–Trinajstić information content (AvgIpc) is 3.07. The van der Waals surface area contributed by atoms with Gasteiger partial charge in [0.15, 0.2) is 0 Å². The number of imidazole rings is 1. The second-order valence-corrected chi connectivity index (χ2v) is 8.72. The number of carbonyl (C=O) groups is 1. The van der Waals surface area contributed by atoms with Gasteiger partial charge in [0.1, 0.15) is 0 Å². The summed E-state index contributed by atoms with van der Waals surface area (Å²) in [5.41, 5.74) is 3.40. The van der Waals surface area contributed by atoms with E-state index in [0.29, 0.717) is 34.4 Å². The molecule has 5 rings (SSSR count). The first-order valence-corrected chi connectivity index (χ1v) is 10.4. The predicted molar refractivity (Wildman–Crippen MR) is 112 cm³/mol. The Morgan fingerprint density at radius 2 is 1.97 bits per heavy atom. The number of nitrogens with zero attached hydrogens (tertiary/aromatic N) is 3. The quantitative estimate of drug-likeness (QED) is 0.662. The van der Waals surface area contributed by atoms with Crippen molar-refractivity contribution in [3.8, 4) is 6.07 Å². The maximum Gasteiger partial charge on any atom is 0.227 e. The number of nitriles is 1. The molecule has 0 saturated heterocycles. The van der Waals surface area contributed by atoms with Gasteiger partial charge in [0.2, 0.25) is 5.91 Å². The van der Waals surface area contributed by atoms with Crippen LogP contribution in [0.4, 0.5) is 5.69 Å². The molecule has 1 unspecified atom stereocenters. The van der Waals surface area contributed by atoms with E-state index in [4.69, 9.17) is 11.6 Å². The molecular weight excluding hydrogens is 384 g/mol. The fourth-order valence-corrected chi connectivity index (χ4v) is 5.31. The third kappa shape index (κ3) is 3.18. The van der Waals surface area contributed by atoms with Gasteiger partial charge in [-0.05, 0) is 73.1 Å². The topological polar surface area (TPSA) is 70.7 Å². The number of halogens is 1. The molecule has 2 aliphatic carbocycles. The Kier molecular flexibility index (Phi) is 4.33. The predicted octanol–water partition coefficient (Wildman–Crippen LogP) is 5.03. The molecule has 0 aliphatic heterocycles. The van der Waals surface area contributed by atoms with Crippen molar-refractivity contribution in [3.63, 3.8) is 0 Å². The van der Waals surface area contributed by atoms with Crippen LogP contribution in [0.3, 0.4) is 0 Å². The summed E-state index contributed by atoms with van der Waals surface area (Å²) in [6.07, 6.45) is 4.03. The number of aromatic nitrogens is 2. The Morgan fingerprint density at radius 1 is 1.24 bits per heavy atom. The van der Waals surface area contributed by atoms with Crippen LogP contribution in [0.2, 0.25) is 5.02 Å². The molecule has 0 radical (unpaired) electrons. The van der Waals surface area contributed by atoms with Crippen molar-refractivity contribution in [2.75, 3.05) is 5.32 Å². The zero-order valence-corrected chi connectivity index (χ0v) is 16.8. The van der Waals surface area contributed by atoms with Crippen LogP contribution >= 0.6 is 11.6 Å². The highest BCUT2D eigenvalue weighted by molar-refractivity contribution is 6.30. The van der Waals surface area contributed by atoms with E-state index >= 15 is 0 Å². The summed E-state index contributed by atoms with van der Waals surface area (Å²) in [5, 5.41) is 12.9. The van der Waals surface area contributed by atoms with Gasteiger partial charge in [-0.3, -0.25) is 4.79 Å². The molecule has 2 saturated carbocycles. The number of amides is 1. The van der Waals surface area contributed by atoms with E-state index in [9.17, 15) is 10.1 Å². The highest BCUT2D eigenvalue weighted by Gasteiger charge is 2.59. The van der Waals surface area contributed by atoms with Crippen molar-refractivity contribution < 1.29 is 4.79 Å². The number of nitrogens with one attached hydrogen (secondary N) is 1. The van der Waals surface area contributed by atoms with Gasteiger partial charge < -0.3 is 9.88 Å². The number of hydrogen-bond acceptors (Lipinski definition) is 3. The third-order valence-electron chi connectivity index (χ3n) is 6.69. The molecule has 5 nitrogen and oxygen atoms in total. The minimum Gasteiger partial charge on any atom is -0.327 e. The standard InChI is InChI=1S/C23H21ClN4O/c1-13(23(29)27-16-5-3-15(24)4-6-16)22-18-9-17(10-19(18)22)28-12-26-20-7-2-14(11-25)8-21(20)28/h2-8,12-13,17-19,22H,9-10H2,1H3,(H,27,29)/t13?,17-,18-,19+,22+. The van der Waals surface area contributed by atoms with E-state index in [1.54, 1.807) is 12.1 Å². The Labute approximate surface area is 174 Å². The summed E-state index contributed by atoms with van der Waals surface area (Å²) in [5.74, 6) is 1.69. The maximum absolute atomic E-state index is 12.7. The van der Waals surface area contributed by atoms with Crippen LogP contribution in [0.25, 0.3) is 11.0 Å². The van der Waals surface area contributed by atoms with E-state index in [2.05, 4.69) is 20.9 Å². The van der Waals surface area contributed by atoms with E-state index in [-0.39, 0.29) is 11.8 Å². The third-order valence-corrected chi connectivity index (χ3v) is 6.94. The summed E-state index contributed by atoms with van der Waals surface area (Å²) in [6, 6.07) is 15.5.